The van der Waals surface area contributed by atoms with Crippen LogP contribution in [0, 0.1) is 10.1 Å². The Morgan fingerprint density at radius 2 is 2.11 bits per heavy atom. The summed E-state index contributed by atoms with van der Waals surface area (Å²) < 4.78 is 0. The van der Waals surface area contributed by atoms with Gasteiger partial charge in [-0.25, -0.2) is 0 Å². The van der Waals surface area contributed by atoms with Gasteiger partial charge < -0.3 is 10.4 Å². The summed E-state index contributed by atoms with van der Waals surface area (Å²) in [6, 6.07) is 4.25. The Morgan fingerprint density at radius 3 is 2.68 bits per heavy atom. The Morgan fingerprint density at radius 1 is 1.37 bits per heavy atom. The fourth-order valence-corrected chi connectivity index (χ4v) is 1.80. The lowest BCUT2D eigenvalue weighted by Crippen LogP contribution is -2.03. The highest BCUT2D eigenvalue weighted by molar-refractivity contribution is 6.33. The number of carboxylic acid groups (broad SMARTS) is 1. The maximum absolute atomic E-state index is 10.5. The summed E-state index contributed by atoms with van der Waals surface area (Å²) >= 11 is 5.91. The van der Waals surface area contributed by atoms with E-state index in [0.29, 0.717) is 23.7 Å². The number of nitrogens with one attached hydrogen (secondary N) is 1. The van der Waals surface area contributed by atoms with E-state index in [1.165, 1.54) is 12.1 Å². The van der Waals surface area contributed by atoms with Crippen LogP contribution in [0.1, 0.15) is 25.7 Å². The Labute approximate surface area is 115 Å². The van der Waals surface area contributed by atoms with Gasteiger partial charge in [0.1, 0.15) is 0 Å². The van der Waals surface area contributed by atoms with Crippen LogP contribution in [-0.2, 0) is 4.79 Å². The maximum atomic E-state index is 10.5. The fourth-order valence-electron chi connectivity index (χ4n) is 1.56. The number of carbonyl (C=O) groups is 1. The van der Waals surface area contributed by atoms with Crippen molar-refractivity contribution in [2.45, 2.75) is 25.7 Å². The molecule has 0 radical (unpaired) electrons. The second-order valence-electron chi connectivity index (χ2n) is 4.05. The van der Waals surface area contributed by atoms with Crippen molar-refractivity contribution in [2.75, 3.05) is 11.9 Å². The molecule has 19 heavy (non-hydrogen) atoms. The number of aliphatic carboxylic acids is 1. The molecule has 0 aliphatic heterocycles. The molecule has 0 spiro atoms. The molecule has 1 aromatic rings. The quantitative estimate of drug-likeness (QED) is 0.434. The van der Waals surface area contributed by atoms with Crippen molar-refractivity contribution in [3.8, 4) is 0 Å². The molecule has 6 nitrogen and oxygen atoms in total. The molecule has 0 fully saturated rings. The molecule has 0 atom stereocenters. The molecular formula is C12H15ClN2O4. The molecule has 0 saturated heterocycles. The van der Waals surface area contributed by atoms with Gasteiger partial charge >= 0.3 is 5.97 Å². The van der Waals surface area contributed by atoms with Gasteiger partial charge in [0.25, 0.3) is 5.69 Å². The van der Waals surface area contributed by atoms with E-state index in [0.717, 1.165) is 12.8 Å². The molecule has 0 aromatic heterocycles. The van der Waals surface area contributed by atoms with Crippen LogP contribution in [0.15, 0.2) is 18.2 Å². The predicted molar refractivity (Wildman–Crippen MR) is 72.7 cm³/mol. The number of rotatable bonds is 8. The number of nitro benzene ring substituents is 1. The maximum Gasteiger partial charge on any atom is 0.303 e. The summed E-state index contributed by atoms with van der Waals surface area (Å²) in [5.74, 6) is -0.786. The first-order valence-corrected chi connectivity index (χ1v) is 6.28. The monoisotopic (exact) mass is 286 g/mol. The van der Waals surface area contributed by atoms with Gasteiger partial charge in [-0.2, -0.15) is 0 Å². The van der Waals surface area contributed by atoms with Crippen LogP contribution >= 0.6 is 11.6 Å². The van der Waals surface area contributed by atoms with Crippen LogP contribution in [0.2, 0.25) is 5.02 Å². The summed E-state index contributed by atoms with van der Waals surface area (Å²) in [5.41, 5.74) is 0.600. The third-order valence-electron chi connectivity index (χ3n) is 2.55. The molecular weight excluding hydrogens is 272 g/mol. The Balaban J connectivity index is 2.33. The normalized spacial score (nSPS) is 10.2. The number of halogens is 1. The van der Waals surface area contributed by atoms with E-state index in [1.807, 2.05) is 0 Å². The number of hydrogen-bond donors (Lipinski definition) is 2. The molecule has 0 heterocycles. The average Bonchev–Trinajstić information content (AvgIpc) is 2.34. The van der Waals surface area contributed by atoms with E-state index >= 15 is 0 Å². The van der Waals surface area contributed by atoms with Crippen molar-refractivity contribution in [1.82, 2.24) is 0 Å². The van der Waals surface area contributed by atoms with E-state index < -0.39 is 10.9 Å². The standard InChI is InChI=1S/C12H15ClN2O4/c13-10-8-9(15(18)19)5-6-11(10)14-7-3-1-2-4-12(16)17/h5-6,8,14H,1-4,7H2,(H,16,17). The summed E-state index contributed by atoms with van der Waals surface area (Å²) in [6.07, 6.45) is 2.45. The molecule has 0 aliphatic rings. The number of hydrogen-bond acceptors (Lipinski definition) is 4. The molecule has 7 heteroatoms. The number of benzene rings is 1. The Hall–Kier alpha value is -1.82. The zero-order valence-electron chi connectivity index (χ0n) is 10.3. The SMILES string of the molecule is O=C(O)CCCCCNc1ccc([N+](=O)[O-])cc1Cl. The van der Waals surface area contributed by atoms with Gasteiger partial charge in [-0.15, -0.1) is 0 Å². The van der Waals surface area contributed by atoms with Crippen LogP contribution in [0.25, 0.3) is 0 Å². The minimum atomic E-state index is -0.786. The lowest BCUT2D eigenvalue weighted by atomic mass is 10.2. The Bertz CT molecular complexity index is 465. The average molecular weight is 287 g/mol. The third kappa shape index (κ3) is 5.56. The summed E-state index contributed by atoms with van der Waals surface area (Å²) in [6.45, 7) is 0.650. The van der Waals surface area contributed by atoms with Crippen molar-refractivity contribution in [2.24, 2.45) is 0 Å². The number of anilines is 1. The topological polar surface area (TPSA) is 92.5 Å². The summed E-state index contributed by atoms with van der Waals surface area (Å²) in [5, 5.41) is 22.4. The molecule has 2 N–H and O–H groups in total. The Kier molecular flexibility index (Phi) is 6.08. The van der Waals surface area contributed by atoms with E-state index in [9.17, 15) is 14.9 Å². The minimum absolute atomic E-state index is 0.0444. The molecule has 104 valence electrons. The number of nitrogens with zero attached hydrogens (tertiary/aromatic N) is 1. The first kappa shape index (κ1) is 15.2. The van der Waals surface area contributed by atoms with Gasteiger partial charge in [0, 0.05) is 25.1 Å². The highest BCUT2D eigenvalue weighted by Gasteiger charge is 2.08. The van der Waals surface area contributed by atoms with Crippen LogP contribution in [0.3, 0.4) is 0 Å². The van der Waals surface area contributed by atoms with Gasteiger partial charge in [0.05, 0.1) is 15.6 Å². The third-order valence-corrected chi connectivity index (χ3v) is 2.86. The van der Waals surface area contributed by atoms with Crippen molar-refractivity contribution in [3.63, 3.8) is 0 Å². The van der Waals surface area contributed by atoms with Gasteiger partial charge in [-0.3, -0.25) is 14.9 Å². The van der Waals surface area contributed by atoms with Crippen LogP contribution in [0.5, 0.6) is 0 Å². The van der Waals surface area contributed by atoms with Gasteiger partial charge in [0.2, 0.25) is 0 Å². The second-order valence-corrected chi connectivity index (χ2v) is 4.46. The van der Waals surface area contributed by atoms with Crippen LogP contribution in [0.4, 0.5) is 11.4 Å². The zero-order chi connectivity index (χ0) is 14.3. The second kappa shape index (κ2) is 7.58. The number of nitro groups is 1. The van der Waals surface area contributed by atoms with E-state index in [4.69, 9.17) is 16.7 Å². The summed E-state index contributed by atoms with van der Waals surface area (Å²) in [4.78, 5) is 20.3. The minimum Gasteiger partial charge on any atom is -0.481 e. The molecule has 0 unspecified atom stereocenters. The van der Waals surface area contributed by atoms with Crippen molar-refractivity contribution < 1.29 is 14.8 Å². The highest BCUT2D eigenvalue weighted by atomic mass is 35.5. The van der Waals surface area contributed by atoms with E-state index in [2.05, 4.69) is 5.32 Å². The molecule has 0 saturated carbocycles. The number of unbranched alkanes of at least 4 members (excludes halogenated alkanes) is 2. The van der Waals surface area contributed by atoms with E-state index in [-0.39, 0.29) is 12.1 Å². The van der Waals surface area contributed by atoms with Crippen LogP contribution in [-0.4, -0.2) is 22.5 Å². The van der Waals surface area contributed by atoms with Gasteiger partial charge in [-0.05, 0) is 18.9 Å². The molecule has 0 bridgehead atoms. The fraction of sp³-hybridized carbons (Fsp3) is 0.417. The molecule has 1 rings (SSSR count). The van der Waals surface area contributed by atoms with Gasteiger partial charge in [0.15, 0.2) is 0 Å². The zero-order valence-corrected chi connectivity index (χ0v) is 11.0. The largest absolute Gasteiger partial charge is 0.481 e. The lowest BCUT2D eigenvalue weighted by molar-refractivity contribution is -0.384. The highest BCUT2D eigenvalue weighted by Crippen LogP contribution is 2.26. The van der Waals surface area contributed by atoms with Gasteiger partial charge in [-0.1, -0.05) is 18.0 Å². The van der Waals surface area contributed by atoms with Crippen molar-refractivity contribution >= 4 is 28.9 Å². The molecule has 0 amide bonds. The smallest absolute Gasteiger partial charge is 0.303 e. The lowest BCUT2D eigenvalue weighted by Gasteiger charge is -2.07. The number of non-ortho nitro benzene ring substituents is 1. The first-order valence-electron chi connectivity index (χ1n) is 5.90. The van der Waals surface area contributed by atoms with Crippen molar-refractivity contribution in [1.29, 1.82) is 0 Å². The van der Waals surface area contributed by atoms with Crippen LogP contribution < -0.4 is 5.32 Å². The predicted octanol–water partition coefficient (Wildman–Crippen LogP) is 3.31. The van der Waals surface area contributed by atoms with E-state index in [1.54, 1.807) is 6.07 Å². The number of carboxylic acids is 1. The summed E-state index contributed by atoms with van der Waals surface area (Å²) in [7, 11) is 0. The molecule has 0 aliphatic carbocycles. The first-order chi connectivity index (χ1) is 9.00. The molecule has 1 aromatic carbocycles. The van der Waals surface area contributed by atoms with Crippen molar-refractivity contribution in [3.05, 3.63) is 33.3 Å².